The number of carbonyl (C=O) groups excluding carboxylic acids is 1. The van der Waals surface area contributed by atoms with Crippen molar-refractivity contribution in [1.29, 1.82) is 0 Å². The number of carbonyl (C=O) groups is 1. The van der Waals surface area contributed by atoms with Crippen LogP contribution in [0.3, 0.4) is 0 Å². The fourth-order valence-electron chi connectivity index (χ4n) is 1.96. The minimum absolute atomic E-state index is 0.217. The maximum Gasteiger partial charge on any atom is 0.389 e. The van der Waals surface area contributed by atoms with Crippen molar-refractivity contribution >= 4 is 5.78 Å². The van der Waals surface area contributed by atoms with Gasteiger partial charge in [-0.25, -0.2) is 0 Å². The Bertz CT molecular complexity index is 395. The van der Waals surface area contributed by atoms with Crippen LogP contribution < -0.4 is 0 Å². The number of alkyl halides is 3. The molecule has 1 nitrogen and oxygen atoms in total. The molecule has 1 aromatic rings. The molecule has 0 fully saturated rings. The maximum atomic E-state index is 12.2. The smallest absolute Gasteiger partial charge is 0.294 e. The van der Waals surface area contributed by atoms with Crippen LogP contribution in [0.1, 0.15) is 22.3 Å². The Morgan fingerprint density at radius 1 is 1.27 bits per heavy atom. The van der Waals surface area contributed by atoms with Crippen molar-refractivity contribution in [2.75, 3.05) is 0 Å². The minimum atomic E-state index is -4.26. The summed E-state index contributed by atoms with van der Waals surface area (Å²) in [5, 5.41) is 0. The second-order valence-electron chi connectivity index (χ2n) is 3.74. The Hall–Kier alpha value is -1.32. The van der Waals surface area contributed by atoms with E-state index in [1.807, 2.05) is 0 Å². The number of halogens is 3. The average molecular weight is 214 g/mol. The van der Waals surface area contributed by atoms with Gasteiger partial charge in [0.15, 0.2) is 5.78 Å². The van der Waals surface area contributed by atoms with Gasteiger partial charge in [0, 0.05) is 11.5 Å². The first-order chi connectivity index (χ1) is 6.97. The molecule has 80 valence electrons. The van der Waals surface area contributed by atoms with Gasteiger partial charge in [-0.3, -0.25) is 4.79 Å². The van der Waals surface area contributed by atoms with E-state index in [-0.39, 0.29) is 12.2 Å². The molecule has 1 aliphatic rings. The van der Waals surface area contributed by atoms with Crippen LogP contribution in [-0.4, -0.2) is 12.0 Å². The summed E-state index contributed by atoms with van der Waals surface area (Å²) in [6.45, 7) is 0. The number of rotatable bonds is 1. The lowest BCUT2D eigenvalue weighted by atomic mass is 10.0. The van der Waals surface area contributed by atoms with Gasteiger partial charge in [-0.05, 0) is 12.0 Å². The Labute approximate surface area is 84.9 Å². The van der Waals surface area contributed by atoms with E-state index in [4.69, 9.17) is 0 Å². The molecule has 0 amide bonds. The number of hydrogen-bond acceptors (Lipinski definition) is 1. The Kier molecular flexibility index (Phi) is 2.29. The van der Waals surface area contributed by atoms with Crippen molar-refractivity contribution in [1.82, 2.24) is 0 Å². The van der Waals surface area contributed by atoms with Crippen molar-refractivity contribution in [3.63, 3.8) is 0 Å². The highest BCUT2D eigenvalue weighted by atomic mass is 19.4. The highest BCUT2D eigenvalue weighted by Crippen LogP contribution is 2.34. The van der Waals surface area contributed by atoms with E-state index in [0.29, 0.717) is 5.56 Å². The molecule has 0 heterocycles. The molecule has 4 heteroatoms. The first-order valence-corrected chi connectivity index (χ1v) is 4.66. The molecule has 0 N–H and O–H groups in total. The molecular weight excluding hydrogens is 205 g/mol. The van der Waals surface area contributed by atoms with Gasteiger partial charge < -0.3 is 0 Å². The van der Waals surface area contributed by atoms with Crippen molar-refractivity contribution in [3.8, 4) is 0 Å². The summed E-state index contributed by atoms with van der Waals surface area (Å²) in [5.41, 5.74) is 1.18. The van der Waals surface area contributed by atoms with Crippen LogP contribution in [0.4, 0.5) is 13.2 Å². The number of fused-ring (bicyclic) bond motifs is 1. The van der Waals surface area contributed by atoms with Crippen LogP contribution in [0.25, 0.3) is 0 Å². The fraction of sp³-hybridized carbons (Fsp3) is 0.364. The van der Waals surface area contributed by atoms with Crippen molar-refractivity contribution in [2.45, 2.75) is 19.0 Å². The number of benzene rings is 1. The summed E-state index contributed by atoms with van der Waals surface area (Å²) >= 11 is 0. The Balaban J connectivity index is 2.21. The van der Waals surface area contributed by atoms with Crippen LogP contribution in [-0.2, 0) is 6.42 Å². The second-order valence-corrected chi connectivity index (χ2v) is 3.74. The molecule has 0 radical (unpaired) electrons. The van der Waals surface area contributed by atoms with Gasteiger partial charge >= 0.3 is 6.18 Å². The molecule has 15 heavy (non-hydrogen) atoms. The molecule has 2 rings (SSSR count). The van der Waals surface area contributed by atoms with E-state index in [9.17, 15) is 18.0 Å². The largest absolute Gasteiger partial charge is 0.389 e. The first kappa shape index (κ1) is 10.2. The van der Waals surface area contributed by atoms with Crippen molar-refractivity contribution in [2.24, 2.45) is 5.92 Å². The molecule has 0 aromatic heterocycles. The van der Waals surface area contributed by atoms with Crippen molar-refractivity contribution in [3.05, 3.63) is 35.4 Å². The highest BCUT2D eigenvalue weighted by molar-refractivity contribution is 6.02. The van der Waals surface area contributed by atoms with Crippen LogP contribution >= 0.6 is 0 Å². The highest BCUT2D eigenvalue weighted by Gasteiger charge is 2.39. The van der Waals surface area contributed by atoms with Crippen LogP contribution in [0.15, 0.2) is 24.3 Å². The summed E-state index contributed by atoms with van der Waals surface area (Å²) < 4.78 is 36.5. The van der Waals surface area contributed by atoms with Crippen molar-refractivity contribution < 1.29 is 18.0 Å². The maximum absolute atomic E-state index is 12.2. The van der Waals surface area contributed by atoms with E-state index in [2.05, 4.69) is 0 Å². The normalized spacial score (nSPS) is 20.5. The van der Waals surface area contributed by atoms with Crippen LogP contribution in [0.5, 0.6) is 0 Å². The van der Waals surface area contributed by atoms with Gasteiger partial charge in [0.2, 0.25) is 0 Å². The Morgan fingerprint density at radius 2 is 1.93 bits per heavy atom. The predicted molar refractivity (Wildman–Crippen MR) is 48.6 cm³/mol. The molecule has 1 aliphatic carbocycles. The molecule has 1 unspecified atom stereocenters. The standard InChI is InChI=1S/C11H9F3O/c12-11(13,14)6-8-5-7-3-1-2-4-9(7)10(8)15/h1-4,8H,5-6H2. The van der Waals surface area contributed by atoms with Gasteiger partial charge in [0.1, 0.15) is 0 Å². The molecule has 1 aromatic carbocycles. The SMILES string of the molecule is O=C1c2ccccc2CC1CC(F)(F)F. The number of Topliss-reactive ketones (excluding diaryl/α,β-unsaturated/α-hetero) is 1. The van der Waals surface area contributed by atoms with Crippen LogP contribution in [0, 0.1) is 5.92 Å². The molecule has 0 saturated heterocycles. The van der Waals surface area contributed by atoms with E-state index >= 15 is 0 Å². The van der Waals surface area contributed by atoms with Gasteiger partial charge in [-0.2, -0.15) is 13.2 Å². The second kappa shape index (κ2) is 3.36. The fourth-order valence-corrected chi connectivity index (χ4v) is 1.96. The lowest BCUT2D eigenvalue weighted by molar-refractivity contribution is -0.141. The lowest BCUT2D eigenvalue weighted by Crippen LogP contribution is -2.19. The zero-order valence-electron chi connectivity index (χ0n) is 7.84. The number of ketones is 1. The quantitative estimate of drug-likeness (QED) is 0.702. The third-order valence-electron chi connectivity index (χ3n) is 2.60. The zero-order chi connectivity index (χ0) is 11.1. The monoisotopic (exact) mass is 214 g/mol. The predicted octanol–water partition coefficient (Wildman–Crippen LogP) is 2.99. The minimum Gasteiger partial charge on any atom is -0.294 e. The van der Waals surface area contributed by atoms with Gasteiger partial charge in [0.25, 0.3) is 0 Å². The molecule has 0 spiro atoms. The number of hydrogen-bond donors (Lipinski definition) is 0. The van der Waals surface area contributed by atoms with Gasteiger partial charge in [-0.1, -0.05) is 24.3 Å². The molecule has 0 bridgehead atoms. The molecule has 0 saturated carbocycles. The molecular formula is C11H9F3O. The Morgan fingerprint density at radius 3 is 2.53 bits per heavy atom. The van der Waals surface area contributed by atoms with Gasteiger partial charge in [-0.15, -0.1) is 0 Å². The summed E-state index contributed by atoms with van der Waals surface area (Å²) in [6.07, 6.45) is -5.06. The van der Waals surface area contributed by atoms with Crippen LogP contribution in [0.2, 0.25) is 0 Å². The third kappa shape index (κ3) is 2.03. The summed E-state index contributed by atoms with van der Waals surface area (Å²) in [7, 11) is 0. The summed E-state index contributed by atoms with van der Waals surface area (Å²) in [4.78, 5) is 11.6. The third-order valence-corrected chi connectivity index (χ3v) is 2.60. The summed E-state index contributed by atoms with van der Waals surface area (Å²) in [6, 6.07) is 6.71. The molecule has 0 aliphatic heterocycles. The lowest BCUT2D eigenvalue weighted by Gasteiger charge is -2.10. The van der Waals surface area contributed by atoms with E-state index in [1.165, 1.54) is 0 Å². The zero-order valence-corrected chi connectivity index (χ0v) is 7.84. The first-order valence-electron chi connectivity index (χ1n) is 4.66. The summed E-state index contributed by atoms with van der Waals surface area (Å²) in [5.74, 6) is -1.29. The van der Waals surface area contributed by atoms with Gasteiger partial charge in [0.05, 0.1) is 6.42 Å². The van der Waals surface area contributed by atoms with E-state index in [1.54, 1.807) is 24.3 Å². The topological polar surface area (TPSA) is 17.1 Å². The van der Waals surface area contributed by atoms with E-state index in [0.717, 1.165) is 5.56 Å². The average Bonchev–Trinajstić information content (AvgIpc) is 2.42. The van der Waals surface area contributed by atoms with E-state index < -0.39 is 18.5 Å². The molecule has 1 atom stereocenters.